The van der Waals surface area contributed by atoms with Gasteiger partial charge in [0.1, 0.15) is 0 Å². The molecule has 3 rings (SSSR count). The molecule has 1 aliphatic rings. The van der Waals surface area contributed by atoms with Crippen LogP contribution in [-0.2, 0) is 9.59 Å². The molecule has 2 N–H and O–H groups in total. The van der Waals surface area contributed by atoms with Crippen LogP contribution in [0.15, 0.2) is 54.6 Å². The second kappa shape index (κ2) is 10.8. The number of nitrogens with one attached hydrogen (secondary N) is 2. The highest BCUT2D eigenvalue weighted by Crippen LogP contribution is 2.14. The highest BCUT2D eigenvalue weighted by atomic mass is 32.2. The maximum atomic E-state index is 12.4. The summed E-state index contributed by atoms with van der Waals surface area (Å²) in [7, 11) is 0. The van der Waals surface area contributed by atoms with Gasteiger partial charge in [-0.05, 0) is 49.6 Å². The van der Waals surface area contributed by atoms with Gasteiger partial charge < -0.3 is 15.5 Å². The summed E-state index contributed by atoms with van der Waals surface area (Å²) in [5.41, 5.74) is 2.50. The summed E-state index contributed by atoms with van der Waals surface area (Å²) >= 11 is 1.32. The second-order valence-corrected chi connectivity index (χ2v) is 8.39. The predicted octanol–water partition coefficient (Wildman–Crippen LogP) is 3.09. The number of amides is 3. The van der Waals surface area contributed by atoms with Crippen LogP contribution in [0.25, 0.3) is 0 Å². The van der Waals surface area contributed by atoms with E-state index in [4.69, 9.17) is 0 Å². The van der Waals surface area contributed by atoms with Crippen molar-refractivity contribution >= 4 is 35.2 Å². The predicted molar refractivity (Wildman–Crippen MR) is 121 cm³/mol. The van der Waals surface area contributed by atoms with Crippen molar-refractivity contribution in [3.63, 3.8) is 0 Å². The molecule has 0 unspecified atom stereocenters. The second-order valence-electron chi connectivity index (χ2n) is 7.41. The van der Waals surface area contributed by atoms with Crippen LogP contribution in [0.5, 0.6) is 0 Å². The molecular formula is C23H27N3O3S. The molecule has 0 bridgehead atoms. The number of thioether (sulfide) groups is 1. The first-order valence-corrected chi connectivity index (χ1v) is 11.2. The molecule has 0 atom stereocenters. The van der Waals surface area contributed by atoms with Gasteiger partial charge in [-0.1, -0.05) is 30.3 Å². The molecule has 30 heavy (non-hydrogen) atoms. The van der Waals surface area contributed by atoms with E-state index in [0.29, 0.717) is 18.7 Å². The zero-order chi connectivity index (χ0) is 21.3. The smallest absolute Gasteiger partial charge is 0.251 e. The summed E-state index contributed by atoms with van der Waals surface area (Å²) in [6.45, 7) is 3.21. The Morgan fingerprint density at radius 3 is 2.43 bits per heavy atom. The van der Waals surface area contributed by atoms with E-state index in [-0.39, 0.29) is 35.3 Å². The van der Waals surface area contributed by atoms with E-state index < -0.39 is 0 Å². The number of piperidine rings is 1. The zero-order valence-electron chi connectivity index (χ0n) is 17.1. The Hall–Kier alpha value is -2.80. The number of anilines is 1. The molecule has 1 fully saturated rings. The lowest BCUT2D eigenvalue weighted by atomic mass is 10.0. The Kier molecular flexibility index (Phi) is 7.90. The van der Waals surface area contributed by atoms with Crippen molar-refractivity contribution in [1.82, 2.24) is 10.2 Å². The van der Waals surface area contributed by atoms with Crippen molar-refractivity contribution < 1.29 is 14.4 Å². The minimum Gasteiger partial charge on any atom is -0.349 e. The summed E-state index contributed by atoms with van der Waals surface area (Å²) in [6.07, 6.45) is 1.48. The third kappa shape index (κ3) is 6.62. The highest BCUT2D eigenvalue weighted by molar-refractivity contribution is 8.00. The summed E-state index contributed by atoms with van der Waals surface area (Å²) in [4.78, 5) is 38.5. The molecule has 7 heteroatoms. The van der Waals surface area contributed by atoms with Crippen LogP contribution in [0.1, 0.15) is 28.8 Å². The Balaban J connectivity index is 1.34. The highest BCUT2D eigenvalue weighted by Gasteiger charge is 2.24. The van der Waals surface area contributed by atoms with Gasteiger partial charge in [-0.3, -0.25) is 14.4 Å². The molecule has 1 heterocycles. The summed E-state index contributed by atoms with van der Waals surface area (Å²) in [6, 6.07) is 16.9. The molecule has 6 nitrogen and oxygen atoms in total. The maximum absolute atomic E-state index is 12.4. The average Bonchev–Trinajstić information content (AvgIpc) is 2.75. The maximum Gasteiger partial charge on any atom is 0.251 e. The van der Waals surface area contributed by atoms with Gasteiger partial charge >= 0.3 is 0 Å². The van der Waals surface area contributed by atoms with Gasteiger partial charge in [0.05, 0.1) is 11.5 Å². The lowest BCUT2D eigenvalue weighted by Crippen LogP contribution is -2.47. The van der Waals surface area contributed by atoms with E-state index in [1.54, 1.807) is 12.1 Å². The van der Waals surface area contributed by atoms with Crippen molar-refractivity contribution in [1.29, 1.82) is 0 Å². The fourth-order valence-electron chi connectivity index (χ4n) is 3.37. The Bertz CT molecular complexity index is 880. The van der Waals surface area contributed by atoms with E-state index in [9.17, 15) is 14.4 Å². The number of benzene rings is 2. The van der Waals surface area contributed by atoms with E-state index in [1.165, 1.54) is 11.8 Å². The quantitative estimate of drug-likeness (QED) is 0.715. The number of rotatable bonds is 7. The molecular weight excluding hydrogens is 398 g/mol. The van der Waals surface area contributed by atoms with Crippen molar-refractivity contribution in [3.05, 3.63) is 65.7 Å². The van der Waals surface area contributed by atoms with Crippen LogP contribution >= 0.6 is 11.8 Å². The molecule has 0 radical (unpaired) electrons. The van der Waals surface area contributed by atoms with Gasteiger partial charge in [-0.25, -0.2) is 0 Å². The van der Waals surface area contributed by atoms with Crippen LogP contribution < -0.4 is 10.6 Å². The molecule has 0 saturated carbocycles. The molecule has 2 aromatic rings. The van der Waals surface area contributed by atoms with Crippen LogP contribution in [0.2, 0.25) is 0 Å². The lowest BCUT2D eigenvalue weighted by molar-refractivity contribution is -0.129. The molecule has 158 valence electrons. The Labute approximate surface area is 181 Å². The van der Waals surface area contributed by atoms with Crippen LogP contribution in [0.3, 0.4) is 0 Å². The Morgan fingerprint density at radius 2 is 1.73 bits per heavy atom. The summed E-state index contributed by atoms with van der Waals surface area (Å²) < 4.78 is 0. The monoisotopic (exact) mass is 425 g/mol. The van der Waals surface area contributed by atoms with Gasteiger partial charge in [0.15, 0.2) is 0 Å². The third-order valence-electron chi connectivity index (χ3n) is 4.98. The third-order valence-corrected chi connectivity index (χ3v) is 5.90. The normalized spacial score (nSPS) is 14.2. The topological polar surface area (TPSA) is 78.5 Å². The van der Waals surface area contributed by atoms with Gasteiger partial charge in [-0.15, -0.1) is 11.8 Å². The largest absolute Gasteiger partial charge is 0.349 e. The van der Waals surface area contributed by atoms with Crippen LogP contribution in [0.4, 0.5) is 5.69 Å². The molecule has 0 spiro atoms. The molecule has 1 saturated heterocycles. The number of carbonyl (C=O) groups excluding carboxylic acids is 3. The molecule has 1 aliphatic heterocycles. The molecule has 0 aromatic heterocycles. The van der Waals surface area contributed by atoms with Crippen LogP contribution in [-0.4, -0.2) is 53.3 Å². The van der Waals surface area contributed by atoms with Crippen molar-refractivity contribution in [2.24, 2.45) is 0 Å². The van der Waals surface area contributed by atoms with E-state index in [1.807, 2.05) is 54.3 Å². The van der Waals surface area contributed by atoms with Gasteiger partial charge in [-0.2, -0.15) is 0 Å². The van der Waals surface area contributed by atoms with Gasteiger partial charge in [0, 0.05) is 30.4 Å². The van der Waals surface area contributed by atoms with Gasteiger partial charge in [0.2, 0.25) is 11.8 Å². The van der Waals surface area contributed by atoms with E-state index in [2.05, 4.69) is 10.6 Å². The first kappa shape index (κ1) is 21.9. The molecule has 0 aliphatic carbocycles. The van der Waals surface area contributed by atoms with Crippen molar-refractivity contribution in [2.45, 2.75) is 25.8 Å². The first-order chi connectivity index (χ1) is 14.5. The summed E-state index contributed by atoms with van der Waals surface area (Å²) in [5, 5.41) is 5.89. The number of hydrogen-bond donors (Lipinski definition) is 2. The first-order valence-electron chi connectivity index (χ1n) is 10.1. The Morgan fingerprint density at radius 1 is 1.00 bits per heavy atom. The number of hydrogen-bond acceptors (Lipinski definition) is 4. The van der Waals surface area contributed by atoms with Crippen molar-refractivity contribution in [3.8, 4) is 0 Å². The van der Waals surface area contributed by atoms with E-state index >= 15 is 0 Å². The number of nitrogens with zero attached hydrogens (tertiary/aromatic N) is 1. The number of likely N-dealkylation sites (tertiary alicyclic amines) is 1. The summed E-state index contributed by atoms with van der Waals surface area (Å²) in [5.74, 6) is 0.374. The fraction of sp³-hybridized carbons (Fsp3) is 0.348. The fourth-order valence-corrected chi connectivity index (χ4v) is 4.09. The van der Waals surface area contributed by atoms with Gasteiger partial charge in [0.25, 0.3) is 5.91 Å². The zero-order valence-corrected chi connectivity index (χ0v) is 17.9. The van der Waals surface area contributed by atoms with Crippen molar-refractivity contribution in [2.75, 3.05) is 29.9 Å². The van der Waals surface area contributed by atoms with Crippen LogP contribution in [0, 0.1) is 6.92 Å². The number of carbonyl (C=O) groups is 3. The SMILES string of the molecule is Cc1cccc(NC(=O)CSCC(=O)N2CCC(NC(=O)c3ccccc3)CC2)c1. The minimum absolute atomic E-state index is 0.0381. The molecule has 2 aromatic carbocycles. The minimum atomic E-state index is -0.110. The number of aryl methyl sites for hydroxylation is 1. The standard InChI is InChI=1S/C23H27N3O3S/c1-17-6-5-9-20(14-17)24-21(27)15-30-16-22(28)26-12-10-19(11-13-26)25-23(29)18-7-3-2-4-8-18/h2-9,14,19H,10-13,15-16H2,1H3,(H,24,27)(H,25,29). The molecule has 3 amide bonds. The van der Waals surface area contributed by atoms with E-state index in [0.717, 1.165) is 24.1 Å². The average molecular weight is 426 g/mol. The lowest BCUT2D eigenvalue weighted by Gasteiger charge is -2.32.